The van der Waals surface area contributed by atoms with Gasteiger partial charge in [0, 0.05) is 33.8 Å². The molecule has 0 radical (unpaired) electrons. The average molecular weight is 493 g/mol. The number of esters is 1. The maximum atomic E-state index is 14.7. The summed E-state index contributed by atoms with van der Waals surface area (Å²) in [6.45, 7) is 0. The highest BCUT2D eigenvalue weighted by molar-refractivity contribution is 6.30. The van der Waals surface area contributed by atoms with Crippen molar-refractivity contribution in [1.29, 1.82) is 0 Å². The molecule has 3 aliphatic rings. The van der Waals surface area contributed by atoms with Crippen molar-refractivity contribution >= 4 is 34.9 Å². The zero-order valence-electron chi connectivity index (χ0n) is 19.1. The summed E-state index contributed by atoms with van der Waals surface area (Å²) in [5.74, 6) is -1.01. The molecule has 7 rings (SSSR count). The van der Waals surface area contributed by atoms with E-state index in [1.54, 1.807) is 23.1 Å². The third-order valence-corrected chi connectivity index (χ3v) is 7.91. The fraction of sp³-hybridized carbons (Fsp3) is 0.133. The number of nitrogens with one attached hydrogen (secondary N) is 1. The Morgan fingerprint density at radius 1 is 0.806 bits per heavy atom. The zero-order chi connectivity index (χ0) is 24.4. The Balaban J connectivity index is 1.50. The number of anilines is 2. The van der Waals surface area contributed by atoms with Crippen molar-refractivity contribution in [3.8, 4) is 5.75 Å². The predicted octanol–water partition coefficient (Wildman–Crippen LogP) is 5.88. The van der Waals surface area contributed by atoms with Crippen LogP contribution >= 0.6 is 11.6 Å². The lowest BCUT2D eigenvalue weighted by atomic mass is 9.70. The number of carbonyl (C=O) groups is 2. The number of halogens is 1. The van der Waals surface area contributed by atoms with Crippen molar-refractivity contribution in [3.05, 3.63) is 125 Å². The molecule has 1 spiro atoms. The minimum Gasteiger partial charge on any atom is -0.426 e. The smallest absolute Gasteiger partial charge is 0.317 e. The van der Waals surface area contributed by atoms with Crippen LogP contribution in [-0.2, 0) is 15.1 Å². The van der Waals surface area contributed by atoms with Crippen LogP contribution in [0.3, 0.4) is 0 Å². The van der Waals surface area contributed by atoms with E-state index in [9.17, 15) is 9.59 Å². The van der Waals surface area contributed by atoms with E-state index in [4.69, 9.17) is 16.3 Å². The van der Waals surface area contributed by atoms with Gasteiger partial charge in [0.2, 0.25) is 0 Å². The minimum atomic E-state index is -1.16. The largest absolute Gasteiger partial charge is 0.426 e. The zero-order valence-corrected chi connectivity index (χ0v) is 19.9. The van der Waals surface area contributed by atoms with Gasteiger partial charge in [-0.25, -0.2) is 0 Å². The molecule has 1 amide bonds. The van der Waals surface area contributed by atoms with E-state index in [2.05, 4.69) is 5.32 Å². The topological polar surface area (TPSA) is 58.6 Å². The Bertz CT molecular complexity index is 1520. The molecule has 5 nitrogen and oxygen atoms in total. The maximum Gasteiger partial charge on any atom is 0.317 e. The summed E-state index contributed by atoms with van der Waals surface area (Å²) >= 11 is 6.18. The molecule has 1 N–H and O–H groups in total. The first kappa shape index (κ1) is 21.4. The number of ether oxygens (including phenoxy) is 1. The predicted molar refractivity (Wildman–Crippen MR) is 137 cm³/mol. The van der Waals surface area contributed by atoms with E-state index >= 15 is 0 Å². The normalized spacial score (nSPS) is 25.9. The lowest BCUT2D eigenvalue weighted by Gasteiger charge is -2.35. The highest BCUT2D eigenvalue weighted by Gasteiger charge is 2.67. The van der Waals surface area contributed by atoms with Gasteiger partial charge in [-0.3, -0.25) is 19.8 Å². The monoisotopic (exact) mass is 492 g/mol. The summed E-state index contributed by atoms with van der Waals surface area (Å²) in [7, 11) is 0. The molecule has 0 unspecified atom stereocenters. The van der Waals surface area contributed by atoms with E-state index < -0.39 is 23.4 Å². The van der Waals surface area contributed by atoms with Crippen LogP contribution in [0.1, 0.15) is 28.7 Å². The van der Waals surface area contributed by atoms with E-state index in [-0.39, 0.29) is 11.9 Å². The van der Waals surface area contributed by atoms with Gasteiger partial charge < -0.3 is 4.74 Å². The highest BCUT2D eigenvalue weighted by atomic mass is 35.5. The second kappa shape index (κ2) is 7.79. The summed E-state index contributed by atoms with van der Waals surface area (Å²) in [5.41, 5.74) is 3.03. The van der Waals surface area contributed by atoms with E-state index in [0.29, 0.717) is 10.8 Å². The van der Waals surface area contributed by atoms with Gasteiger partial charge in [0.25, 0.3) is 5.91 Å². The van der Waals surface area contributed by atoms with Gasteiger partial charge >= 0.3 is 5.97 Å². The van der Waals surface area contributed by atoms with Crippen LogP contribution in [0.4, 0.5) is 11.4 Å². The Morgan fingerprint density at radius 3 is 2.31 bits per heavy atom. The summed E-state index contributed by atoms with van der Waals surface area (Å²) in [6.07, 6.45) is 0. The van der Waals surface area contributed by atoms with E-state index in [1.165, 1.54) is 0 Å². The fourth-order valence-corrected chi connectivity index (χ4v) is 6.36. The molecule has 36 heavy (non-hydrogen) atoms. The van der Waals surface area contributed by atoms with Gasteiger partial charge in [-0.05, 0) is 42.0 Å². The molecule has 3 aliphatic heterocycles. The number of rotatable bonds is 2. The summed E-state index contributed by atoms with van der Waals surface area (Å²) in [5, 5.41) is 4.29. The molecule has 176 valence electrons. The number of fused-ring (bicyclic) bond motifs is 6. The Labute approximate surface area is 213 Å². The number of nitrogens with zero attached hydrogens (tertiary/aromatic N) is 1. The third kappa shape index (κ3) is 2.81. The number of hydrogen-bond acceptors (Lipinski definition) is 4. The van der Waals surface area contributed by atoms with Crippen LogP contribution in [0.5, 0.6) is 5.75 Å². The number of hydrogen-bond donors (Lipinski definition) is 1. The van der Waals surface area contributed by atoms with Crippen LogP contribution in [0, 0.1) is 5.92 Å². The Morgan fingerprint density at radius 2 is 1.50 bits per heavy atom. The molecule has 6 heteroatoms. The number of amides is 1. The van der Waals surface area contributed by atoms with Crippen molar-refractivity contribution in [1.82, 2.24) is 5.32 Å². The lowest BCUT2D eigenvalue weighted by molar-refractivity contribution is -0.141. The van der Waals surface area contributed by atoms with Crippen LogP contribution in [-0.4, -0.2) is 11.9 Å². The van der Waals surface area contributed by atoms with Crippen LogP contribution in [0.25, 0.3) is 0 Å². The molecular weight excluding hydrogens is 472 g/mol. The molecule has 4 aromatic rings. The molecule has 3 heterocycles. The highest BCUT2D eigenvalue weighted by Crippen LogP contribution is 2.62. The Hall–Kier alpha value is -3.93. The summed E-state index contributed by atoms with van der Waals surface area (Å²) in [6, 6.07) is 32.0. The standard InChI is InChI=1S/C30H21ClN2O3/c31-19-16-14-18(15-17-19)27-25-26(21-10-4-7-13-24(21)36-28(25)34)30(32-27)22-11-5-6-12-23(22)33(29(30)35)20-8-2-1-3-9-20/h1-17,25-27,32H/t25-,26+,27+,30-/m0/s1. The van der Waals surface area contributed by atoms with Crippen molar-refractivity contribution in [2.75, 3.05) is 4.90 Å². The molecule has 1 saturated heterocycles. The second-order valence-electron chi connectivity index (χ2n) is 9.44. The SMILES string of the molecule is O=C1Oc2ccccc2[C@@H]2[C@H]1[C@@H](c1ccc(Cl)cc1)N[C@]21C(=O)N(c2ccccc2)c2ccccc21. The van der Waals surface area contributed by atoms with Gasteiger partial charge in [0.15, 0.2) is 0 Å². The van der Waals surface area contributed by atoms with E-state index in [0.717, 1.165) is 28.1 Å². The van der Waals surface area contributed by atoms with Gasteiger partial charge in [-0.2, -0.15) is 0 Å². The quantitative estimate of drug-likeness (QED) is 0.280. The van der Waals surface area contributed by atoms with Crippen molar-refractivity contribution < 1.29 is 14.3 Å². The van der Waals surface area contributed by atoms with Gasteiger partial charge in [-0.15, -0.1) is 0 Å². The van der Waals surface area contributed by atoms with Crippen LogP contribution < -0.4 is 15.0 Å². The summed E-state index contributed by atoms with van der Waals surface area (Å²) in [4.78, 5) is 30.0. The first-order valence-corrected chi connectivity index (χ1v) is 12.3. The van der Waals surface area contributed by atoms with Gasteiger partial charge in [-0.1, -0.05) is 78.3 Å². The molecule has 0 aliphatic carbocycles. The minimum absolute atomic E-state index is 0.106. The number of benzene rings is 4. The van der Waals surface area contributed by atoms with Crippen molar-refractivity contribution in [3.63, 3.8) is 0 Å². The van der Waals surface area contributed by atoms with Crippen LogP contribution in [0.15, 0.2) is 103 Å². The van der Waals surface area contributed by atoms with Crippen LogP contribution in [0.2, 0.25) is 5.02 Å². The molecule has 4 aromatic carbocycles. The van der Waals surface area contributed by atoms with Gasteiger partial charge in [0.05, 0.1) is 11.6 Å². The first-order valence-electron chi connectivity index (χ1n) is 11.9. The Kier molecular flexibility index (Phi) is 4.62. The molecule has 4 atom stereocenters. The molecule has 0 saturated carbocycles. The van der Waals surface area contributed by atoms with Crippen molar-refractivity contribution in [2.24, 2.45) is 5.92 Å². The molecule has 0 bridgehead atoms. The fourth-order valence-electron chi connectivity index (χ4n) is 6.23. The number of carbonyl (C=O) groups excluding carboxylic acids is 2. The van der Waals surface area contributed by atoms with E-state index in [1.807, 2.05) is 84.9 Å². The average Bonchev–Trinajstić information content (AvgIpc) is 3.40. The third-order valence-electron chi connectivity index (χ3n) is 7.66. The van der Waals surface area contributed by atoms with Crippen molar-refractivity contribution in [2.45, 2.75) is 17.5 Å². The number of para-hydroxylation sites is 3. The molecule has 0 aromatic heterocycles. The molecule has 1 fully saturated rings. The molecular formula is C30H21ClN2O3. The first-order chi connectivity index (χ1) is 17.6. The maximum absolute atomic E-state index is 14.7. The second-order valence-corrected chi connectivity index (χ2v) is 9.87. The van der Waals surface area contributed by atoms with Gasteiger partial charge in [0.1, 0.15) is 11.3 Å². The lowest BCUT2D eigenvalue weighted by Crippen LogP contribution is -2.50. The summed E-state index contributed by atoms with van der Waals surface area (Å²) < 4.78 is 5.83.